The number of nitriles is 1. The third-order valence-corrected chi connectivity index (χ3v) is 2.85. The van der Waals surface area contributed by atoms with Crippen LogP contribution in [-0.4, -0.2) is 43.9 Å². The molecule has 0 aliphatic carbocycles. The highest BCUT2D eigenvalue weighted by Crippen LogP contribution is 2.26. The number of methoxy groups -OCH3 is 2. The van der Waals surface area contributed by atoms with Crippen molar-refractivity contribution in [2.45, 2.75) is 25.0 Å². The monoisotopic (exact) mass is 212 g/mol. The molecule has 5 nitrogen and oxygen atoms in total. The van der Waals surface area contributed by atoms with Crippen molar-refractivity contribution in [1.82, 2.24) is 4.90 Å². The largest absolute Gasteiger partial charge is 0.353 e. The molecule has 0 aromatic heterocycles. The topological polar surface area (TPSA) is 62.6 Å². The van der Waals surface area contributed by atoms with E-state index in [9.17, 15) is 4.79 Å². The molecular weight excluding hydrogens is 196 g/mol. The van der Waals surface area contributed by atoms with Crippen molar-refractivity contribution < 1.29 is 14.3 Å². The molecule has 0 radical (unpaired) electrons. The molecule has 84 valence electrons. The molecule has 1 saturated heterocycles. The summed E-state index contributed by atoms with van der Waals surface area (Å²) in [4.78, 5) is 13.1. The summed E-state index contributed by atoms with van der Waals surface area (Å²) in [7, 11) is 3.21. The van der Waals surface area contributed by atoms with Crippen molar-refractivity contribution in [3.05, 3.63) is 0 Å². The van der Waals surface area contributed by atoms with Crippen LogP contribution in [0.4, 0.5) is 0 Å². The Morgan fingerprint density at radius 1 is 1.40 bits per heavy atom. The second-order valence-corrected chi connectivity index (χ2v) is 3.53. The van der Waals surface area contributed by atoms with Crippen molar-refractivity contribution in [2.24, 2.45) is 0 Å². The Morgan fingerprint density at radius 2 is 1.93 bits per heavy atom. The third-order valence-electron chi connectivity index (χ3n) is 2.85. The van der Waals surface area contributed by atoms with E-state index in [1.165, 1.54) is 0 Å². The molecule has 5 heteroatoms. The minimum Gasteiger partial charge on any atom is -0.353 e. The zero-order chi connectivity index (χ0) is 11.3. The molecule has 1 aliphatic heterocycles. The molecule has 0 aromatic rings. The van der Waals surface area contributed by atoms with E-state index < -0.39 is 5.79 Å². The molecule has 15 heavy (non-hydrogen) atoms. The number of amides is 1. The molecule has 1 heterocycles. The van der Waals surface area contributed by atoms with Crippen LogP contribution in [0.2, 0.25) is 0 Å². The molecule has 0 spiro atoms. The lowest BCUT2D eigenvalue weighted by molar-refractivity contribution is -0.228. The average Bonchev–Trinajstić information content (AvgIpc) is 2.29. The van der Waals surface area contributed by atoms with Gasteiger partial charge < -0.3 is 14.4 Å². The smallest absolute Gasteiger partial charge is 0.236 e. The van der Waals surface area contributed by atoms with E-state index in [2.05, 4.69) is 0 Å². The lowest BCUT2D eigenvalue weighted by Gasteiger charge is -2.39. The van der Waals surface area contributed by atoms with Gasteiger partial charge in [0.05, 0.1) is 6.07 Å². The van der Waals surface area contributed by atoms with Crippen LogP contribution >= 0.6 is 0 Å². The summed E-state index contributed by atoms with van der Waals surface area (Å²) in [6.07, 6.45) is 1.25. The second kappa shape index (κ2) is 5.10. The van der Waals surface area contributed by atoms with Crippen LogP contribution in [0.15, 0.2) is 0 Å². The predicted octanol–water partition coefficient (Wildman–Crippen LogP) is 0.512. The summed E-state index contributed by atoms with van der Waals surface area (Å²) >= 11 is 0. The maximum atomic E-state index is 11.4. The highest BCUT2D eigenvalue weighted by molar-refractivity contribution is 5.78. The van der Waals surface area contributed by atoms with Crippen LogP contribution in [-0.2, 0) is 14.3 Å². The molecule has 1 fully saturated rings. The maximum absolute atomic E-state index is 11.4. The highest BCUT2D eigenvalue weighted by Gasteiger charge is 2.35. The highest BCUT2D eigenvalue weighted by atomic mass is 16.7. The quantitative estimate of drug-likeness (QED) is 0.639. The van der Waals surface area contributed by atoms with Gasteiger partial charge in [-0.1, -0.05) is 0 Å². The summed E-state index contributed by atoms with van der Waals surface area (Å²) in [5.41, 5.74) is 0. The van der Waals surface area contributed by atoms with Crippen LogP contribution in [0.1, 0.15) is 19.3 Å². The molecule has 0 aromatic carbocycles. The minimum atomic E-state index is -0.552. The average molecular weight is 212 g/mol. The molecular formula is C10H16N2O3. The Labute approximate surface area is 89.6 Å². The summed E-state index contributed by atoms with van der Waals surface area (Å²) < 4.78 is 10.6. The van der Waals surface area contributed by atoms with Gasteiger partial charge in [-0.25, -0.2) is 0 Å². The normalized spacial score (nSPS) is 19.7. The van der Waals surface area contributed by atoms with Crippen molar-refractivity contribution in [3.8, 4) is 6.07 Å². The van der Waals surface area contributed by atoms with Gasteiger partial charge in [-0.3, -0.25) is 4.79 Å². The number of piperidine rings is 1. The summed E-state index contributed by atoms with van der Waals surface area (Å²) in [5, 5.41) is 8.42. The van der Waals surface area contributed by atoms with Gasteiger partial charge in [0, 0.05) is 40.2 Å². The second-order valence-electron chi connectivity index (χ2n) is 3.53. The number of hydrogen-bond donors (Lipinski definition) is 0. The van der Waals surface area contributed by atoms with Crippen LogP contribution in [0, 0.1) is 11.3 Å². The number of carbonyl (C=O) groups is 1. The number of nitrogens with zero attached hydrogens (tertiary/aromatic N) is 2. The SMILES string of the molecule is COC1(OC)CCN(C(=O)CC#N)CC1. The van der Waals surface area contributed by atoms with Gasteiger partial charge in [-0.15, -0.1) is 0 Å². The van der Waals surface area contributed by atoms with Gasteiger partial charge in [0.1, 0.15) is 6.42 Å². The van der Waals surface area contributed by atoms with Gasteiger partial charge in [0.2, 0.25) is 5.91 Å². The van der Waals surface area contributed by atoms with Crippen LogP contribution in [0.5, 0.6) is 0 Å². The van der Waals surface area contributed by atoms with E-state index >= 15 is 0 Å². The Hall–Kier alpha value is -1.12. The number of carbonyl (C=O) groups excluding carboxylic acids is 1. The first-order valence-electron chi connectivity index (χ1n) is 4.92. The summed E-state index contributed by atoms with van der Waals surface area (Å²) in [5.74, 6) is -0.665. The van der Waals surface area contributed by atoms with Gasteiger partial charge in [-0.2, -0.15) is 5.26 Å². The Bertz CT molecular complexity index is 258. The van der Waals surface area contributed by atoms with E-state index in [1.54, 1.807) is 19.1 Å². The Balaban J connectivity index is 2.48. The van der Waals surface area contributed by atoms with Crippen molar-refractivity contribution in [1.29, 1.82) is 5.26 Å². The molecule has 0 unspecified atom stereocenters. The Kier molecular flexibility index (Phi) is 4.06. The molecule has 1 rings (SSSR count). The van der Waals surface area contributed by atoms with E-state index in [-0.39, 0.29) is 12.3 Å². The van der Waals surface area contributed by atoms with Gasteiger partial charge >= 0.3 is 0 Å². The fraction of sp³-hybridized carbons (Fsp3) is 0.800. The van der Waals surface area contributed by atoms with Crippen LogP contribution in [0.25, 0.3) is 0 Å². The van der Waals surface area contributed by atoms with E-state index in [4.69, 9.17) is 14.7 Å². The number of hydrogen-bond acceptors (Lipinski definition) is 4. The Morgan fingerprint density at radius 3 is 2.33 bits per heavy atom. The van der Waals surface area contributed by atoms with E-state index in [1.807, 2.05) is 6.07 Å². The first kappa shape index (κ1) is 12.0. The molecule has 0 bridgehead atoms. The first-order valence-corrected chi connectivity index (χ1v) is 4.92. The van der Waals surface area contributed by atoms with E-state index in [0.717, 1.165) is 0 Å². The lowest BCUT2D eigenvalue weighted by atomic mass is 10.0. The van der Waals surface area contributed by atoms with Gasteiger partial charge in [0.15, 0.2) is 5.79 Å². The zero-order valence-corrected chi connectivity index (χ0v) is 9.15. The van der Waals surface area contributed by atoms with Crippen molar-refractivity contribution >= 4 is 5.91 Å². The fourth-order valence-electron chi connectivity index (χ4n) is 1.77. The summed E-state index contributed by atoms with van der Waals surface area (Å²) in [6.45, 7) is 1.17. The van der Waals surface area contributed by atoms with E-state index in [0.29, 0.717) is 25.9 Å². The molecule has 1 amide bonds. The fourth-order valence-corrected chi connectivity index (χ4v) is 1.77. The molecule has 0 atom stereocenters. The van der Waals surface area contributed by atoms with Crippen LogP contribution < -0.4 is 0 Å². The first-order chi connectivity index (χ1) is 7.17. The summed E-state index contributed by atoms with van der Waals surface area (Å²) in [6, 6.07) is 1.86. The van der Waals surface area contributed by atoms with Crippen molar-refractivity contribution in [2.75, 3.05) is 27.3 Å². The van der Waals surface area contributed by atoms with Crippen molar-refractivity contribution in [3.63, 3.8) is 0 Å². The maximum Gasteiger partial charge on any atom is 0.236 e. The van der Waals surface area contributed by atoms with Gasteiger partial charge in [-0.05, 0) is 0 Å². The number of likely N-dealkylation sites (tertiary alicyclic amines) is 1. The van der Waals surface area contributed by atoms with Crippen LogP contribution in [0.3, 0.4) is 0 Å². The zero-order valence-electron chi connectivity index (χ0n) is 9.15. The molecule has 0 saturated carbocycles. The lowest BCUT2D eigenvalue weighted by Crippen LogP contribution is -2.48. The molecule has 0 N–H and O–H groups in total. The molecule has 1 aliphatic rings. The third kappa shape index (κ3) is 2.67. The number of ether oxygens (including phenoxy) is 2. The van der Waals surface area contributed by atoms with Gasteiger partial charge in [0.25, 0.3) is 0 Å². The minimum absolute atomic E-state index is 0.0486. The number of rotatable bonds is 3. The standard InChI is InChI=1S/C10H16N2O3/c1-14-10(15-2)4-7-12(8-5-10)9(13)3-6-11/h3-5,7-8H2,1-2H3. The predicted molar refractivity (Wildman–Crippen MR) is 52.8 cm³/mol.